The van der Waals surface area contributed by atoms with Gasteiger partial charge in [-0.15, -0.1) is 11.3 Å². The van der Waals surface area contributed by atoms with Gasteiger partial charge in [-0.25, -0.2) is 0 Å². The second-order valence-electron chi connectivity index (χ2n) is 9.19. The smallest absolute Gasteiger partial charge is 0.255 e. The number of nitrogens with zero attached hydrogens (tertiary/aromatic N) is 1. The fraction of sp³-hybridized carbons (Fsp3) is 0.207. The standard InChI is InChI=1S/C29H30N3O2PS/c30-26-13-12-24(28-7-4-20-36-28)21-27(26)31-29(33)23-10-8-22(9-11-23)14-15-32-16-18-35(34,19-17-32)25-5-2-1-3-6-25/h1-13,20-21H,14-19,30H2,(H,31,33). The van der Waals surface area contributed by atoms with Gasteiger partial charge in [-0.1, -0.05) is 54.6 Å². The largest absolute Gasteiger partial charge is 0.397 e. The van der Waals surface area contributed by atoms with Crippen LogP contribution >= 0.6 is 18.5 Å². The van der Waals surface area contributed by atoms with E-state index in [4.69, 9.17) is 5.73 Å². The number of rotatable bonds is 7. The minimum Gasteiger partial charge on any atom is -0.397 e. The number of hydrogen-bond donors (Lipinski definition) is 2. The lowest BCUT2D eigenvalue weighted by atomic mass is 10.1. The fourth-order valence-electron chi connectivity index (χ4n) is 4.58. The zero-order valence-electron chi connectivity index (χ0n) is 20.1. The van der Waals surface area contributed by atoms with E-state index in [9.17, 15) is 9.36 Å². The van der Waals surface area contributed by atoms with Crippen LogP contribution in [0.5, 0.6) is 0 Å². The zero-order valence-corrected chi connectivity index (χ0v) is 21.8. The van der Waals surface area contributed by atoms with Crippen molar-refractivity contribution in [2.45, 2.75) is 6.42 Å². The Hall–Kier alpha value is -3.18. The van der Waals surface area contributed by atoms with E-state index in [-0.39, 0.29) is 5.91 Å². The Labute approximate surface area is 216 Å². The molecule has 184 valence electrons. The van der Waals surface area contributed by atoms with Crippen molar-refractivity contribution < 1.29 is 9.36 Å². The highest BCUT2D eigenvalue weighted by Crippen LogP contribution is 2.46. The number of anilines is 2. The molecular formula is C29H30N3O2PS. The van der Waals surface area contributed by atoms with Gasteiger partial charge >= 0.3 is 0 Å². The SMILES string of the molecule is Nc1ccc(-c2cccs2)cc1NC(=O)c1ccc(CCN2CCP(=O)(c3ccccc3)CC2)cc1. The number of nitrogens with two attached hydrogens (primary N) is 1. The highest BCUT2D eigenvalue weighted by atomic mass is 32.1. The van der Waals surface area contributed by atoms with Crippen LogP contribution in [0.25, 0.3) is 10.4 Å². The van der Waals surface area contributed by atoms with Crippen molar-refractivity contribution >= 4 is 41.1 Å². The monoisotopic (exact) mass is 515 g/mol. The Morgan fingerprint density at radius 1 is 0.944 bits per heavy atom. The van der Waals surface area contributed by atoms with E-state index < -0.39 is 7.14 Å². The summed E-state index contributed by atoms with van der Waals surface area (Å²) in [4.78, 5) is 16.4. The van der Waals surface area contributed by atoms with E-state index in [1.54, 1.807) is 11.3 Å². The average molecular weight is 516 g/mol. The van der Waals surface area contributed by atoms with Gasteiger partial charge in [0.25, 0.3) is 5.91 Å². The molecule has 0 spiro atoms. The molecule has 7 heteroatoms. The van der Waals surface area contributed by atoms with Crippen LogP contribution in [0.15, 0.2) is 90.3 Å². The van der Waals surface area contributed by atoms with Gasteiger partial charge in [-0.2, -0.15) is 0 Å². The molecule has 4 aromatic rings. The molecule has 1 saturated heterocycles. The molecule has 0 radical (unpaired) electrons. The predicted molar refractivity (Wildman–Crippen MR) is 152 cm³/mol. The number of nitrogen functional groups attached to an aromatic ring is 1. The minimum absolute atomic E-state index is 0.177. The second-order valence-corrected chi connectivity index (χ2v) is 13.3. The molecule has 1 aromatic heterocycles. The third-order valence-electron chi connectivity index (χ3n) is 6.82. The highest BCUT2D eigenvalue weighted by Gasteiger charge is 2.29. The van der Waals surface area contributed by atoms with Gasteiger partial charge in [0, 0.05) is 47.7 Å². The van der Waals surface area contributed by atoms with E-state index in [1.807, 2.05) is 90.3 Å². The van der Waals surface area contributed by atoms with Crippen molar-refractivity contribution in [1.82, 2.24) is 4.90 Å². The topological polar surface area (TPSA) is 75.4 Å². The van der Waals surface area contributed by atoms with Crippen LogP contribution in [-0.4, -0.2) is 42.8 Å². The van der Waals surface area contributed by atoms with Gasteiger partial charge in [0.2, 0.25) is 0 Å². The van der Waals surface area contributed by atoms with Crippen molar-refractivity contribution in [2.75, 3.05) is 43.0 Å². The van der Waals surface area contributed by atoms with E-state index in [0.29, 0.717) is 16.9 Å². The first kappa shape index (κ1) is 24.5. The van der Waals surface area contributed by atoms with E-state index in [0.717, 1.165) is 54.1 Å². The number of benzene rings is 3. The summed E-state index contributed by atoms with van der Waals surface area (Å²) in [5, 5.41) is 6.00. The molecule has 3 N–H and O–H groups in total. The molecule has 0 aliphatic carbocycles. The number of amides is 1. The highest BCUT2D eigenvalue weighted by molar-refractivity contribution is 7.71. The van der Waals surface area contributed by atoms with Crippen LogP contribution in [0.2, 0.25) is 0 Å². The summed E-state index contributed by atoms with van der Waals surface area (Å²) >= 11 is 1.65. The van der Waals surface area contributed by atoms with Crippen molar-refractivity contribution in [1.29, 1.82) is 0 Å². The molecule has 5 nitrogen and oxygen atoms in total. The van der Waals surface area contributed by atoms with Crippen LogP contribution in [0.3, 0.4) is 0 Å². The molecule has 2 heterocycles. The Bertz CT molecular complexity index is 1360. The van der Waals surface area contributed by atoms with Gasteiger partial charge in [-0.3, -0.25) is 4.79 Å². The van der Waals surface area contributed by atoms with Crippen LogP contribution in [-0.2, 0) is 11.0 Å². The first-order chi connectivity index (χ1) is 17.5. The van der Waals surface area contributed by atoms with Crippen LogP contribution in [0.4, 0.5) is 11.4 Å². The van der Waals surface area contributed by atoms with Crippen molar-refractivity contribution in [3.8, 4) is 10.4 Å². The van der Waals surface area contributed by atoms with Crippen molar-refractivity contribution in [2.24, 2.45) is 0 Å². The second kappa shape index (κ2) is 10.8. The van der Waals surface area contributed by atoms with Gasteiger partial charge in [-0.05, 0) is 53.3 Å². The molecule has 1 fully saturated rings. The number of carbonyl (C=O) groups is 1. The molecule has 0 saturated carbocycles. The molecule has 36 heavy (non-hydrogen) atoms. The van der Waals surface area contributed by atoms with Gasteiger partial charge in [0.1, 0.15) is 7.14 Å². The first-order valence-electron chi connectivity index (χ1n) is 12.2. The summed E-state index contributed by atoms with van der Waals surface area (Å²) in [6.45, 7) is 2.64. The minimum atomic E-state index is -2.26. The molecule has 0 unspecified atom stereocenters. The summed E-state index contributed by atoms with van der Waals surface area (Å²) in [5.74, 6) is -0.177. The summed E-state index contributed by atoms with van der Waals surface area (Å²) in [6, 6.07) is 27.4. The molecule has 1 amide bonds. The van der Waals surface area contributed by atoms with Gasteiger partial charge in [0.05, 0.1) is 11.4 Å². The zero-order chi connectivity index (χ0) is 25.0. The quantitative estimate of drug-likeness (QED) is 0.241. The molecule has 0 atom stereocenters. The lowest BCUT2D eigenvalue weighted by molar-refractivity contribution is 0.102. The maximum atomic E-state index is 13.3. The lowest BCUT2D eigenvalue weighted by Crippen LogP contribution is -2.38. The molecule has 3 aromatic carbocycles. The van der Waals surface area contributed by atoms with E-state index in [1.165, 1.54) is 5.56 Å². The third-order valence-corrected chi connectivity index (χ3v) is 10.8. The molecule has 1 aliphatic rings. The van der Waals surface area contributed by atoms with Crippen molar-refractivity contribution in [3.63, 3.8) is 0 Å². The number of thiophene rings is 1. The number of nitrogens with one attached hydrogen (secondary N) is 1. The Balaban J connectivity index is 1.15. The molecule has 5 rings (SSSR count). The van der Waals surface area contributed by atoms with Crippen LogP contribution in [0.1, 0.15) is 15.9 Å². The lowest BCUT2D eigenvalue weighted by Gasteiger charge is -2.32. The number of carbonyl (C=O) groups excluding carboxylic acids is 1. The number of hydrogen-bond acceptors (Lipinski definition) is 5. The fourth-order valence-corrected chi connectivity index (χ4v) is 7.97. The van der Waals surface area contributed by atoms with Crippen LogP contribution < -0.4 is 16.4 Å². The van der Waals surface area contributed by atoms with Crippen molar-refractivity contribution in [3.05, 3.63) is 101 Å². The average Bonchev–Trinajstić information content (AvgIpc) is 3.46. The molecular weight excluding hydrogens is 485 g/mol. The summed E-state index contributed by atoms with van der Waals surface area (Å²) < 4.78 is 13.3. The summed E-state index contributed by atoms with van der Waals surface area (Å²) in [7, 11) is -2.26. The van der Waals surface area contributed by atoms with E-state index >= 15 is 0 Å². The normalized spacial score (nSPS) is 15.4. The Morgan fingerprint density at radius 2 is 1.69 bits per heavy atom. The summed E-state index contributed by atoms with van der Waals surface area (Å²) in [5.41, 5.74) is 10.1. The maximum Gasteiger partial charge on any atom is 0.255 e. The molecule has 0 bridgehead atoms. The first-order valence-corrected chi connectivity index (χ1v) is 15.2. The maximum absolute atomic E-state index is 13.3. The van der Waals surface area contributed by atoms with E-state index in [2.05, 4.69) is 10.2 Å². The van der Waals surface area contributed by atoms with Gasteiger partial charge in [0.15, 0.2) is 0 Å². The molecule has 1 aliphatic heterocycles. The van der Waals surface area contributed by atoms with Gasteiger partial charge < -0.3 is 20.5 Å². The third kappa shape index (κ3) is 5.62. The van der Waals surface area contributed by atoms with Crippen LogP contribution in [0, 0.1) is 0 Å². The predicted octanol–water partition coefficient (Wildman–Crippen LogP) is 5.80. The summed E-state index contributed by atoms with van der Waals surface area (Å²) in [6.07, 6.45) is 2.38. The Morgan fingerprint density at radius 3 is 2.39 bits per heavy atom. The Kier molecular flexibility index (Phi) is 7.38.